The lowest BCUT2D eigenvalue weighted by atomic mass is 10.1. The molecule has 5 rings (SSSR count). The minimum atomic E-state index is -1.33. The van der Waals surface area contributed by atoms with Gasteiger partial charge in [0.25, 0.3) is 0 Å². The van der Waals surface area contributed by atoms with Crippen molar-refractivity contribution in [1.29, 1.82) is 0 Å². The molecule has 0 amide bonds. The van der Waals surface area contributed by atoms with Gasteiger partial charge in [0, 0.05) is 31.5 Å². The number of nitrogens with zero attached hydrogens (tertiary/aromatic N) is 3. The molecule has 0 spiro atoms. The largest absolute Gasteiger partial charge is 0.487 e. The fourth-order valence-corrected chi connectivity index (χ4v) is 4.23. The highest BCUT2D eigenvalue weighted by Gasteiger charge is 2.31. The number of nitrogens with two attached hydrogens (primary N) is 1. The average Bonchev–Trinajstić information content (AvgIpc) is 3.31. The maximum atomic E-state index is 15.2. The summed E-state index contributed by atoms with van der Waals surface area (Å²) in [6.07, 6.45) is 3.81. The first kappa shape index (κ1) is 24.6. The number of hydrogen-bond acceptors (Lipinski definition) is 8. The maximum absolute atomic E-state index is 15.2. The number of aromatic nitrogens is 2. The van der Waals surface area contributed by atoms with Crippen molar-refractivity contribution in [3.63, 3.8) is 0 Å². The third-order valence-corrected chi connectivity index (χ3v) is 5.57. The lowest BCUT2D eigenvalue weighted by molar-refractivity contribution is -0.0980. The van der Waals surface area contributed by atoms with Crippen molar-refractivity contribution in [2.75, 3.05) is 37.0 Å². The Morgan fingerprint density at radius 3 is 2.76 bits per heavy atom. The number of carbonyl (C=O) groups excluding carboxylic acids is 1. The second-order valence-corrected chi connectivity index (χ2v) is 7.44. The molecule has 2 aromatic heterocycles. The summed E-state index contributed by atoms with van der Waals surface area (Å²) in [5, 5.41) is 12.7. The van der Waals surface area contributed by atoms with Gasteiger partial charge in [0.05, 0.1) is 17.4 Å². The molecule has 2 aliphatic rings. The summed E-state index contributed by atoms with van der Waals surface area (Å²) < 4.78 is 22.7. The number of carbonyl (C=O) groups is 2. The second kappa shape index (κ2) is 10.8. The Bertz CT molecular complexity index is 1230. The third kappa shape index (κ3) is 4.55. The van der Waals surface area contributed by atoms with Crippen LogP contribution in [0.4, 0.5) is 15.9 Å². The van der Waals surface area contributed by atoms with Crippen LogP contribution in [0.1, 0.15) is 16.8 Å². The van der Waals surface area contributed by atoms with Crippen molar-refractivity contribution in [2.24, 2.45) is 5.73 Å². The van der Waals surface area contributed by atoms with Gasteiger partial charge in [0.1, 0.15) is 30.5 Å². The van der Waals surface area contributed by atoms with Crippen LogP contribution in [0.25, 0.3) is 10.9 Å². The summed E-state index contributed by atoms with van der Waals surface area (Å²) in [5.74, 6) is -0.866. The zero-order chi connectivity index (χ0) is 24.8. The van der Waals surface area contributed by atoms with Crippen molar-refractivity contribution in [2.45, 2.75) is 19.0 Å². The van der Waals surface area contributed by atoms with Gasteiger partial charge in [-0.3, -0.25) is 4.79 Å². The summed E-state index contributed by atoms with van der Waals surface area (Å²) in [4.78, 5) is 38.2. The third-order valence-electron chi connectivity index (χ3n) is 5.57. The standard InChI is InChI=1S/C21H19FN4O4.CH5N.CH2O/c22-15-9-13-17-20(30-8-7-26(17)11-14(19(13)27)21(28)29)18(15)25-6-4-12(10-25)24-16-3-1-2-5-23-16;2*1-2/h1-3,5,9,11-12H,4,6-8,10H2,(H,23,24)(H,28,29);2H2,1H3;1H2. The second-order valence-electron chi connectivity index (χ2n) is 7.44. The quantitative estimate of drug-likeness (QED) is 0.519. The minimum Gasteiger partial charge on any atom is -0.487 e. The predicted octanol–water partition coefficient (Wildman–Crippen LogP) is 1.71. The molecule has 0 bridgehead atoms. The van der Waals surface area contributed by atoms with E-state index >= 15 is 4.39 Å². The maximum Gasteiger partial charge on any atom is 0.341 e. The van der Waals surface area contributed by atoms with Gasteiger partial charge in [0.2, 0.25) is 5.43 Å². The molecule has 1 aromatic carbocycles. The van der Waals surface area contributed by atoms with Crippen molar-refractivity contribution in [3.05, 3.63) is 58.3 Å². The number of ether oxygens (including phenoxy) is 1. The average molecular weight is 471 g/mol. The van der Waals surface area contributed by atoms with Crippen molar-refractivity contribution >= 4 is 35.2 Å². The van der Waals surface area contributed by atoms with E-state index in [0.29, 0.717) is 36.6 Å². The van der Waals surface area contributed by atoms with E-state index in [2.05, 4.69) is 16.0 Å². The summed E-state index contributed by atoms with van der Waals surface area (Å²) in [6, 6.07) is 6.84. The molecule has 180 valence electrons. The van der Waals surface area contributed by atoms with Crippen LogP contribution in [-0.2, 0) is 11.3 Å². The van der Waals surface area contributed by atoms with Crippen LogP contribution >= 0.6 is 0 Å². The van der Waals surface area contributed by atoms with E-state index in [1.807, 2.05) is 29.9 Å². The molecular weight excluding hydrogens is 445 g/mol. The monoisotopic (exact) mass is 471 g/mol. The predicted molar refractivity (Wildman–Crippen MR) is 126 cm³/mol. The SMILES string of the molecule is C=O.CN.O=C(O)c1cn2c3c(c(N4CCC(Nc5ccccn5)C4)c(F)cc3c1=O)OCC2. The topological polar surface area (TPSA) is 140 Å². The molecule has 11 heteroatoms. The Labute approximate surface area is 194 Å². The number of rotatable bonds is 4. The molecule has 34 heavy (non-hydrogen) atoms. The summed E-state index contributed by atoms with van der Waals surface area (Å²) in [6.45, 7) is 3.82. The van der Waals surface area contributed by atoms with Gasteiger partial charge in [0.15, 0.2) is 11.6 Å². The Hall–Kier alpha value is -3.99. The van der Waals surface area contributed by atoms with Gasteiger partial charge in [-0.25, -0.2) is 14.2 Å². The number of carboxylic acid groups (broad SMARTS) is 1. The lowest BCUT2D eigenvalue weighted by Crippen LogP contribution is -2.29. The van der Waals surface area contributed by atoms with E-state index in [1.54, 1.807) is 10.8 Å². The number of halogens is 1. The highest BCUT2D eigenvalue weighted by atomic mass is 19.1. The van der Waals surface area contributed by atoms with Gasteiger partial charge in [-0.1, -0.05) is 6.07 Å². The molecule has 1 unspecified atom stereocenters. The van der Waals surface area contributed by atoms with Crippen molar-refractivity contribution < 1.29 is 23.8 Å². The fraction of sp³-hybridized carbons (Fsp3) is 0.304. The zero-order valence-corrected chi connectivity index (χ0v) is 18.7. The van der Waals surface area contributed by atoms with Crippen LogP contribution in [0.3, 0.4) is 0 Å². The van der Waals surface area contributed by atoms with E-state index in [1.165, 1.54) is 13.2 Å². The van der Waals surface area contributed by atoms with Crippen LogP contribution in [0.2, 0.25) is 0 Å². The molecule has 3 aromatic rings. The van der Waals surface area contributed by atoms with Gasteiger partial charge in [-0.15, -0.1) is 0 Å². The number of hydrogen-bond donors (Lipinski definition) is 3. The van der Waals surface area contributed by atoms with Gasteiger partial charge < -0.3 is 35.2 Å². The van der Waals surface area contributed by atoms with Crippen molar-refractivity contribution in [3.8, 4) is 5.75 Å². The molecule has 0 aliphatic carbocycles. The highest BCUT2D eigenvalue weighted by Crippen LogP contribution is 2.41. The first-order valence-corrected chi connectivity index (χ1v) is 10.6. The number of nitrogens with one attached hydrogen (secondary N) is 1. The molecule has 2 aliphatic heterocycles. The van der Waals surface area contributed by atoms with Crippen molar-refractivity contribution in [1.82, 2.24) is 9.55 Å². The molecule has 1 fully saturated rings. The minimum absolute atomic E-state index is 0.0215. The molecule has 1 saturated heterocycles. The van der Waals surface area contributed by atoms with Crippen LogP contribution in [0.15, 0.2) is 41.5 Å². The Balaban J connectivity index is 0.000000771. The van der Waals surface area contributed by atoms with Gasteiger partial charge in [-0.2, -0.15) is 0 Å². The number of carboxylic acids is 1. The molecule has 0 saturated carbocycles. The Morgan fingerprint density at radius 1 is 1.32 bits per heavy atom. The smallest absolute Gasteiger partial charge is 0.341 e. The highest BCUT2D eigenvalue weighted by molar-refractivity contribution is 5.97. The number of anilines is 2. The number of aromatic carboxylic acids is 1. The fourth-order valence-electron chi connectivity index (χ4n) is 4.23. The van der Waals surface area contributed by atoms with Gasteiger partial charge >= 0.3 is 5.97 Å². The first-order valence-electron chi connectivity index (χ1n) is 10.6. The normalized spacial score (nSPS) is 16.0. The summed E-state index contributed by atoms with van der Waals surface area (Å²) in [5.41, 5.74) is 4.17. The van der Waals surface area contributed by atoms with E-state index in [-0.39, 0.29) is 23.6 Å². The van der Waals surface area contributed by atoms with E-state index in [0.717, 1.165) is 18.3 Å². The molecule has 0 radical (unpaired) electrons. The van der Waals surface area contributed by atoms with Crippen LogP contribution in [0.5, 0.6) is 5.75 Å². The summed E-state index contributed by atoms with van der Waals surface area (Å²) in [7, 11) is 1.50. The molecule has 4 heterocycles. The number of benzene rings is 1. The molecule has 4 N–H and O–H groups in total. The molecule has 10 nitrogen and oxygen atoms in total. The zero-order valence-electron chi connectivity index (χ0n) is 18.7. The van der Waals surface area contributed by atoms with Crippen LogP contribution in [0, 0.1) is 5.82 Å². The van der Waals surface area contributed by atoms with E-state index in [9.17, 15) is 14.7 Å². The van der Waals surface area contributed by atoms with Crippen LogP contribution < -0.4 is 26.1 Å². The first-order chi connectivity index (χ1) is 16.5. The van der Waals surface area contributed by atoms with E-state index < -0.39 is 17.2 Å². The lowest BCUT2D eigenvalue weighted by Gasteiger charge is -2.28. The van der Waals surface area contributed by atoms with E-state index in [4.69, 9.17) is 9.53 Å². The number of pyridine rings is 2. The molecule has 1 atom stereocenters. The van der Waals surface area contributed by atoms with Crippen LogP contribution in [-0.4, -0.2) is 60.2 Å². The Morgan fingerprint density at radius 2 is 2.09 bits per heavy atom. The molecular formula is C23H26FN5O5. The van der Waals surface area contributed by atoms with Gasteiger partial charge in [-0.05, 0) is 31.7 Å². The summed E-state index contributed by atoms with van der Waals surface area (Å²) >= 11 is 0. The Kier molecular flexibility index (Phi) is 7.79.